The van der Waals surface area contributed by atoms with Crippen LogP contribution in [0.1, 0.15) is 110 Å². The van der Waals surface area contributed by atoms with Crippen LogP contribution in [0.3, 0.4) is 0 Å². The van der Waals surface area contributed by atoms with Gasteiger partial charge in [0.15, 0.2) is 0 Å². The number of unbranched alkanes of at least 4 members (excludes halogenated alkanes) is 15. The Morgan fingerprint density at radius 2 is 1.28 bits per heavy atom. The molecule has 0 spiro atoms. The fourth-order valence-electron chi connectivity index (χ4n) is 3.95. The Bertz CT molecular complexity index is 651. The van der Waals surface area contributed by atoms with E-state index in [2.05, 4.69) is 43.1 Å². The van der Waals surface area contributed by atoms with E-state index < -0.39 is 0 Å². The number of fused-ring (bicyclic) bond motifs is 1. The molecular weight excluding hydrogens is 437 g/mol. The van der Waals surface area contributed by atoms with Crippen molar-refractivity contribution >= 4 is 40.2 Å². The van der Waals surface area contributed by atoms with Gasteiger partial charge in [-0.25, -0.2) is 0 Å². The molecule has 0 fully saturated rings. The van der Waals surface area contributed by atoms with Gasteiger partial charge in [0.2, 0.25) is 0 Å². The standard InChI is InChI=1S/C26H44NSSe/c1-3-4-5-6-7-8-9-10-11-12-13-14-15-16-17-18-21-29-26-22-24-19-20-27(2)23-25(24)28-26/h19-20,22-23H,3-18,21H2,1-2H3/q+1. The maximum atomic E-state index is 2.42. The fraction of sp³-hybridized carbons (Fsp3) is 0.731. The third-order valence-electron chi connectivity index (χ3n) is 5.82. The minimum atomic E-state index is 0.679. The molecule has 0 N–H and O–H groups in total. The van der Waals surface area contributed by atoms with E-state index in [9.17, 15) is 0 Å². The van der Waals surface area contributed by atoms with E-state index in [4.69, 9.17) is 0 Å². The first-order chi connectivity index (χ1) is 14.3. The quantitative estimate of drug-likeness (QED) is 0.116. The molecule has 0 bridgehead atoms. The van der Waals surface area contributed by atoms with Crippen LogP contribution in [0.15, 0.2) is 24.5 Å². The topological polar surface area (TPSA) is 3.88 Å². The predicted molar refractivity (Wildman–Crippen MR) is 133 cm³/mol. The van der Waals surface area contributed by atoms with Crippen LogP contribution >= 0.6 is 11.3 Å². The van der Waals surface area contributed by atoms with Gasteiger partial charge in [-0.3, -0.25) is 0 Å². The third-order valence-corrected chi connectivity index (χ3v) is 9.72. The Labute approximate surface area is 190 Å². The molecule has 2 rings (SSSR count). The number of nitrogens with zero attached hydrogens (tertiary/aromatic N) is 1. The van der Waals surface area contributed by atoms with Crippen LogP contribution < -0.4 is 8.34 Å². The normalized spacial score (nSPS) is 11.5. The molecule has 0 saturated heterocycles. The summed E-state index contributed by atoms with van der Waals surface area (Å²) in [5.41, 5.74) is 0. The number of hydrogen-bond donors (Lipinski definition) is 0. The van der Waals surface area contributed by atoms with Crippen molar-refractivity contribution in [3.8, 4) is 0 Å². The van der Waals surface area contributed by atoms with Crippen molar-refractivity contribution < 1.29 is 4.57 Å². The summed E-state index contributed by atoms with van der Waals surface area (Å²) in [5.74, 6) is 0. The first kappa shape index (κ1) is 24.9. The molecule has 0 aromatic carbocycles. The Kier molecular flexibility index (Phi) is 14.0. The van der Waals surface area contributed by atoms with Crippen molar-refractivity contribution in [3.63, 3.8) is 0 Å². The molecule has 2 aromatic heterocycles. The van der Waals surface area contributed by atoms with E-state index in [1.165, 1.54) is 118 Å². The number of rotatable bonds is 18. The van der Waals surface area contributed by atoms with Gasteiger partial charge in [0.1, 0.15) is 0 Å². The molecule has 0 amide bonds. The summed E-state index contributed by atoms with van der Waals surface area (Å²) in [6.45, 7) is 2.30. The Hall–Kier alpha value is -0.371. The molecule has 0 aliphatic carbocycles. The molecule has 164 valence electrons. The fourth-order valence-corrected chi connectivity index (χ4v) is 7.83. The van der Waals surface area contributed by atoms with Crippen LogP contribution in [-0.4, -0.2) is 15.0 Å². The van der Waals surface area contributed by atoms with Crippen molar-refractivity contribution in [1.29, 1.82) is 0 Å². The zero-order chi connectivity index (χ0) is 20.6. The van der Waals surface area contributed by atoms with Gasteiger partial charge in [0, 0.05) is 0 Å². The second-order valence-electron chi connectivity index (χ2n) is 8.65. The third kappa shape index (κ3) is 11.6. The Balaban J connectivity index is 1.33. The van der Waals surface area contributed by atoms with Crippen LogP contribution in [0.25, 0.3) is 10.1 Å². The minimum absolute atomic E-state index is 0.679. The van der Waals surface area contributed by atoms with E-state index >= 15 is 0 Å². The molecule has 0 saturated carbocycles. The number of hydrogen-bond acceptors (Lipinski definition) is 1. The predicted octanol–water partition coefficient (Wildman–Crippen LogP) is 7.74. The summed E-state index contributed by atoms with van der Waals surface area (Å²) >= 11 is 2.69. The van der Waals surface area contributed by atoms with Gasteiger partial charge in [0.05, 0.1) is 0 Å². The van der Waals surface area contributed by atoms with E-state index in [0.717, 1.165) is 0 Å². The van der Waals surface area contributed by atoms with Crippen molar-refractivity contribution in [2.24, 2.45) is 7.05 Å². The van der Waals surface area contributed by atoms with E-state index in [-0.39, 0.29) is 0 Å². The average Bonchev–Trinajstić information content (AvgIpc) is 3.12. The number of aryl methyl sites for hydroxylation is 1. The van der Waals surface area contributed by atoms with Gasteiger partial charge < -0.3 is 0 Å². The average molecular weight is 482 g/mol. The Morgan fingerprint density at radius 3 is 1.83 bits per heavy atom. The van der Waals surface area contributed by atoms with Gasteiger partial charge in [-0.05, 0) is 0 Å². The van der Waals surface area contributed by atoms with Gasteiger partial charge >= 0.3 is 152 Å². The molecule has 0 atom stereocenters. The molecule has 0 radical (unpaired) electrons. The first-order valence-corrected chi connectivity index (χ1v) is 15.2. The molecule has 2 aromatic rings. The molecule has 0 aliphatic rings. The van der Waals surface area contributed by atoms with Gasteiger partial charge in [-0.15, -0.1) is 0 Å². The molecule has 29 heavy (non-hydrogen) atoms. The van der Waals surface area contributed by atoms with Gasteiger partial charge in [0.25, 0.3) is 0 Å². The number of aromatic nitrogens is 1. The molecule has 0 unspecified atom stereocenters. The second kappa shape index (κ2) is 16.3. The SMILES string of the molecule is CCCCCCCCCCCCCCCCCC[Se]c1cc2cc[n+](C)cc2s1. The van der Waals surface area contributed by atoms with Crippen LogP contribution in [-0.2, 0) is 7.05 Å². The molecule has 1 nitrogen and oxygen atoms in total. The molecule has 0 aliphatic heterocycles. The van der Waals surface area contributed by atoms with Crippen molar-refractivity contribution in [2.45, 2.75) is 115 Å². The molecular formula is C26H44NSSe+. The summed E-state index contributed by atoms with van der Waals surface area (Å²) < 4.78 is 5.23. The number of thiophene rings is 1. The molecule has 2 heterocycles. The molecule has 3 heteroatoms. The van der Waals surface area contributed by atoms with Crippen molar-refractivity contribution in [2.75, 3.05) is 0 Å². The van der Waals surface area contributed by atoms with Crippen molar-refractivity contribution in [3.05, 3.63) is 24.5 Å². The second-order valence-corrected chi connectivity index (χ2v) is 12.7. The van der Waals surface area contributed by atoms with Crippen LogP contribution in [0, 0.1) is 0 Å². The summed E-state index contributed by atoms with van der Waals surface area (Å²) in [6, 6.07) is 4.67. The summed E-state index contributed by atoms with van der Waals surface area (Å²) in [6.07, 6.45) is 27.7. The van der Waals surface area contributed by atoms with E-state index in [1.54, 1.807) is 3.78 Å². The zero-order valence-corrected chi connectivity index (χ0v) is 21.6. The van der Waals surface area contributed by atoms with Crippen LogP contribution in [0.2, 0.25) is 5.32 Å². The summed E-state index contributed by atoms with van der Waals surface area (Å²) in [4.78, 5) is 0. The first-order valence-electron chi connectivity index (χ1n) is 12.3. The van der Waals surface area contributed by atoms with Crippen LogP contribution in [0.4, 0.5) is 0 Å². The summed E-state index contributed by atoms with van der Waals surface area (Å²) in [5, 5.41) is 2.85. The monoisotopic (exact) mass is 482 g/mol. The van der Waals surface area contributed by atoms with E-state index in [0.29, 0.717) is 15.0 Å². The Morgan fingerprint density at radius 1 is 0.759 bits per heavy atom. The zero-order valence-electron chi connectivity index (χ0n) is 19.1. The van der Waals surface area contributed by atoms with Gasteiger partial charge in [-0.1, -0.05) is 39.0 Å². The van der Waals surface area contributed by atoms with E-state index in [1.807, 2.05) is 11.3 Å². The van der Waals surface area contributed by atoms with Crippen LogP contribution in [0.5, 0.6) is 0 Å². The van der Waals surface area contributed by atoms with Crippen molar-refractivity contribution in [1.82, 2.24) is 0 Å². The summed E-state index contributed by atoms with van der Waals surface area (Å²) in [7, 11) is 2.11. The van der Waals surface area contributed by atoms with Gasteiger partial charge in [-0.2, -0.15) is 0 Å². The maximum absolute atomic E-state index is 2.42. The number of pyridine rings is 1.